The SMILES string of the molecule is [2H][C@@](C)(NC(C)(C)C)C(=O)c1cccc(Cl)c1. The van der Waals surface area contributed by atoms with Gasteiger partial charge in [-0.05, 0) is 39.8 Å². The van der Waals surface area contributed by atoms with Crippen LogP contribution in [-0.4, -0.2) is 17.3 Å². The molecule has 0 saturated heterocycles. The van der Waals surface area contributed by atoms with Gasteiger partial charge in [-0.25, -0.2) is 0 Å². The molecule has 0 aliphatic rings. The number of hydrogen-bond acceptors (Lipinski definition) is 2. The number of carbonyl (C=O) groups excluding carboxylic acids is 1. The van der Waals surface area contributed by atoms with Gasteiger partial charge in [-0.1, -0.05) is 23.7 Å². The van der Waals surface area contributed by atoms with Crippen LogP contribution in [0.15, 0.2) is 24.3 Å². The smallest absolute Gasteiger partial charge is 0.179 e. The van der Waals surface area contributed by atoms with E-state index in [2.05, 4.69) is 5.32 Å². The molecule has 0 aliphatic heterocycles. The Balaban J connectivity index is 2.96. The zero-order chi connectivity index (χ0) is 13.3. The molecule has 0 aliphatic carbocycles. The van der Waals surface area contributed by atoms with Crippen molar-refractivity contribution in [2.45, 2.75) is 39.3 Å². The van der Waals surface area contributed by atoms with Crippen LogP contribution < -0.4 is 5.32 Å². The third kappa shape index (κ3) is 3.95. The van der Waals surface area contributed by atoms with Crippen LogP contribution in [-0.2, 0) is 0 Å². The summed E-state index contributed by atoms with van der Waals surface area (Å²) in [4.78, 5) is 12.2. The predicted molar refractivity (Wildman–Crippen MR) is 68.1 cm³/mol. The first-order valence-corrected chi connectivity index (χ1v) is 5.59. The molecule has 3 heteroatoms. The molecule has 2 nitrogen and oxygen atoms in total. The van der Waals surface area contributed by atoms with Gasteiger partial charge in [0.15, 0.2) is 5.78 Å². The highest BCUT2D eigenvalue weighted by atomic mass is 35.5. The van der Waals surface area contributed by atoms with Crippen molar-refractivity contribution in [3.05, 3.63) is 34.9 Å². The molecule has 0 unspecified atom stereocenters. The van der Waals surface area contributed by atoms with E-state index >= 15 is 0 Å². The van der Waals surface area contributed by atoms with Crippen molar-refractivity contribution in [3.8, 4) is 0 Å². The summed E-state index contributed by atoms with van der Waals surface area (Å²) in [5.74, 6) is -0.282. The second-order valence-corrected chi connectivity index (χ2v) is 5.28. The van der Waals surface area contributed by atoms with Crippen molar-refractivity contribution in [1.29, 1.82) is 0 Å². The average molecular weight is 241 g/mol. The van der Waals surface area contributed by atoms with Gasteiger partial charge in [-0.3, -0.25) is 4.79 Å². The molecular weight excluding hydrogens is 222 g/mol. The molecule has 0 bridgehead atoms. The van der Waals surface area contributed by atoms with Crippen LogP contribution in [0.2, 0.25) is 5.02 Å². The van der Waals surface area contributed by atoms with Crippen molar-refractivity contribution >= 4 is 17.4 Å². The molecule has 88 valence electrons. The monoisotopic (exact) mass is 240 g/mol. The van der Waals surface area contributed by atoms with E-state index in [-0.39, 0.29) is 11.3 Å². The molecule has 1 N–H and O–H groups in total. The van der Waals surface area contributed by atoms with E-state index in [0.717, 1.165) is 0 Å². The van der Waals surface area contributed by atoms with Crippen LogP contribution in [0.3, 0.4) is 0 Å². The van der Waals surface area contributed by atoms with Crippen LogP contribution in [0.25, 0.3) is 0 Å². The Bertz CT molecular complexity index is 424. The van der Waals surface area contributed by atoms with Gasteiger partial charge in [-0.15, -0.1) is 0 Å². The second-order valence-electron chi connectivity index (χ2n) is 4.84. The van der Waals surface area contributed by atoms with Crippen LogP contribution in [0.5, 0.6) is 0 Å². The Labute approximate surface area is 103 Å². The molecule has 0 radical (unpaired) electrons. The van der Waals surface area contributed by atoms with Crippen molar-refractivity contribution in [2.24, 2.45) is 0 Å². The topological polar surface area (TPSA) is 29.1 Å². The van der Waals surface area contributed by atoms with Gasteiger partial charge in [0, 0.05) is 16.1 Å². The normalized spacial score (nSPS) is 16.4. The zero-order valence-electron chi connectivity index (χ0n) is 11.1. The van der Waals surface area contributed by atoms with Gasteiger partial charge < -0.3 is 5.32 Å². The number of halogens is 1. The first kappa shape index (κ1) is 11.6. The van der Waals surface area contributed by atoms with Gasteiger partial charge >= 0.3 is 0 Å². The van der Waals surface area contributed by atoms with Gasteiger partial charge in [0.2, 0.25) is 0 Å². The fourth-order valence-electron chi connectivity index (χ4n) is 1.47. The van der Waals surface area contributed by atoms with Crippen molar-refractivity contribution < 1.29 is 6.17 Å². The van der Waals surface area contributed by atoms with Gasteiger partial charge in [0.25, 0.3) is 0 Å². The molecule has 1 atom stereocenters. The molecule has 1 rings (SSSR count). The fraction of sp³-hybridized carbons (Fsp3) is 0.462. The number of ketones is 1. The molecule has 16 heavy (non-hydrogen) atoms. The summed E-state index contributed by atoms with van der Waals surface area (Å²) in [5.41, 5.74) is 0.150. The summed E-state index contributed by atoms with van der Waals surface area (Å²) in [6, 6.07) is 5.31. The van der Waals surface area contributed by atoms with Crippen LogP contribution in [0, 0.1) is 0 Å². The lowest BCUT2D eigenvalue weighted by Gasteiger charge is -2.25. The molecule has 0 aromatic heterocycles. The molecule has 0 heterocycles. The lowest BCUT2D eigenvalue weighted by atomic mass is 10.0. The second kappa shape index (κ2) is 4.98. The third-order valence-electron chi connectivity index (χ3n) is 1.99. The van der Waals surface area contributed by atoms with E-state index in [0.29, 0.717) is 10.6 Å². The van der Waals surface area contributed by atoms with E-state index in [4.69, 9.17) is 13.0 Å². The molecule has 1 aromatic carbocycles. The molecule has 1 aromatic rings. The number of carbonyl (C=O) groups is 1. The Morgan fingerprint density at radius 1 is 1.50 bits per heavy atom. The lowest BCUT2D eigenvalue weighted by Crippen LogP contribution is -2.46. The summed E-state index contributed by atoms with van der Waals surface area (Å²) < 4.78 is 8.09. The first-order chi connectivity index (χ1) is 7.62. The van der Waals surface area contributed by atoms with E-state index < -0.39 is 6.02 Å². The highest BCUT2D eigenvalue weighted by molar-refractivity contribution is 6.31. The maximum absolute atomic E-state index is 12.2. The zero-order valence-corrected chi connectivity index (χ0v) is 10.9. The Morgan fingerprint density at radius 3 is 2.62 bits per heavy atom. The van der Waals surface area contributed by atoms with Gasteiger partial charge in [0.05, 0.1) is 7.39 Å². The molecular formula is C13H18ClNO. The van der Waals surface area contributed by atoms with E-state index in [9.17, 15) is 4.79 Å². The number of Topliss-reactive ketones (excluding diaryl/α,β-unsaturated/α-hetero) is 1. The minimum Gasteiger partial charge on any atom is -0.303 e. The predicted octanol–water partition coefficient (Wildman–Crippen LogP) is 3.30. The molecule has 0 spiro atoms. The van der Waals surface area contributed by atoms with E-state index in [1.54, 1.807) is 31.2 Å². The van der Waals surface area contributed by atoms with Crippen LogP contribution in [0.1, 0.15) is 39.4 Å². The fourth-order valence-corrected chi connectivity index (χ4v) is 1.66. The average Bonchev–Trinajstić information content (AvgIpc) is 2.12. The highest BCUT2D eigenvalue weighted by Gasteiger charge is 2.20. The van der Waals surface area contributed by atoms with Crippen molar-refractivity contribution in [3.63, 3.8) is 0 Å². The minimum atomic E-state index is -1.36. The van der Waals surface area contributed by atoms with E-state index in [1.807, 2.05) is 20.8 Å². The Kier molecular flexibility index (Phi) is 3.62. The highest BCUT2D eigenvalue weighted by Crippen LogP contribution is 2.13. The Hall–Kier alpha value is -0.860. The number of rotatable bonds is 3. The maximum Gasteiger partial charge on any atom is 0.179 e. The van der Waals surface area contributed by atoms with Gasteiger partial charge in [0.1, 0.15) is 0 Å². The third-order valence-corrected chi connectivity index (χ3v) is 2.22. The number of benzene rings is 1. The number of hydrogen-bond donors (Lipinski definition) is 1. The lowest BCUT2D eigenvalue weighted by molar-refractivity contribution is 0.0936. The Morgan fingerprint density at radius 2 is 2.12 bits per heavy atom. The van der Waals surface area contributed by atoms with Crippen LogP contribution in [0.4, 0.5) is 0 Å². The standard InChI is InChI=1S/C13H18ClNO/c1-9(15-13(2,3)4)12(16)10-6-5-7-11(14)8-10/h5-9,15H,1-4H3/t9-/m0/s1/i9D. The minimum absolute atomic E-state index is 0.282. The summed E-state index contributed by atoms with van der Waals surface area (Å²) >= 11 is 5.84. The summed E-state index contributed by atoms with van der Waals surface area (Å²) in [6.07, 6.45) is 0. The largest absolute Gasteiger partial charge is 0.303 e. The summed E-state index contributed by atoms with van der Waals surface area (Å²) in [6.45, 7) is 7.32. The molecule has 0 fully saturated rings. The van der Waals surface area contributed by atoms with Crippen molar-refractivity contribution in [1.82, 2.24) is 5.32 Å². The van der Waals surface area contributed by atoms with Crippen LogP contribution >= 0.6 is 11.6 Å². The van der Waals surface area contributed by atoms with Crippen molar-refractivity contribution in [2.75, 3.05) is 0 Å². The van der Waals surface area contributed by atoms with Gasteiger partial charge in [-0.2, -0.15) is 0 Å². The maximum atomic E-state index is 12.2. The summed E-state index contributed by atoms with van der Waals surface area (Å²) in [7, 11) is 0. The number of nitrogens with one attached hydrogen (secondary N) is 1. The van der Waals surface area contributed by atoms with E-state index in [1.165, 1.54) is 0 Å². The quantitative estimate of drug-likeness (QED) is 0.822. The first-order valence-electron chi connectivity index (χ1n) is 5.71. The summed E-state index contributed by atoms with van der Waals surface area (Å²) in [5, 5.41) is 3.49. The molecule has 0 amide bonds. The molecule has 0 saturated carbocycles.